The Bertz CT molecular complexity index is 2060. The summed E-state index contributed by atoms with van der Waals surface area (Å²) in [6, 6.07) is 4.20. The summed E-state index contributed by atoms with van der Waals surface area (Å²) >= 11 is 0. The third-order valence-electron chi connectivity index (χ3n) is 11.6. The van der Waals surface area contributed by atoms with Gasteiger partial charge in [0.25, 0.3) is 5.91 Å². The highest BCUT2D eigenvalue weighted by molar-refractivity contribution is 7.91. The number of fused-ring (bicyclic) bond motifs is 3. The molecule has 0 radical (unpaired) electrons. The summed E-state index contributed by atoms with van der Waals surface area (Å²) in [6.45, 7) is 6.27. The Morgan fingerprint density at radius 3 is 2.32 bits per heavy atom. The predicted octanol–water partition coefficient (Wildman–Crippen LogP) is 4.31. The lowest BCUT2D eigenvalue weighted by atomic mass is 9.88. The van der Waals surface area contributed by atoms with Crippen molar-refractivity contribution in [1.29, 1.82) is 0 Å². The van der Waals surface area contributed by atoms with Crippen LogP contribution in [0.15, 0.2) is 36.4 Å². The molecule has 1 aromatic carbocycles. The largest absolute Gasteiger partial charge is 0.479 e. The van der Waals surface area contributed by atoms with Crippen LogP contribution in [-0.2, 0) is 29.1 Å². The Kier molecular flexibility index (Phi) is 11.2. The molecule has 3 fully saturated rings. The fourth-order valence-corrected chi connectivity index (χ4v) is 8.81. The number of methoxy groups -OCH3 is 1. The van der Waals surface area contributed by atoms with Gasteiger partial charge in [0.2, 0.25) is 39.2 Å². The van der Waals surface area contributed by atoms with Crippen molar-refractivity contribution in [2.75, 3.05) is 13.7 Å². The van der Waals surface area contributed by atoms with Crippen molar-refractivity contribution in [3.05, 3.63) is 36.4 Å². The molecule has 4 amide bonds. The number of hydrogen-bond acceptors (Lipinski definition) is 11. The Morgan fingerprint density at radius 1 is 1.04 bits per heavy atom. The standard InChI is InChI=1S/C38H49F3N6O9S/c1-21-11-7-8-12-23-19-37(23,33(50)46-57(52,53)36(5)15-16-36)43-29(48)27-18-24(55-31-26-14-10-9-13-25(26)30(54-6)44-45-31)20-47(27)32(49)28(22(2)17-21)42-34(51)56-35(3,4)38(39,40)41/h8-10,12-14,21-24,27-28H,7,11,15-20H2,1-6H3,(H,42,51)(H,43,48)(H,46,50)/b12-8-/t21-,22+,23+,24+,27-,28-,37+/m0/s1. The van der Waals surface area contributed by atoms with E-state index in [-0.39, 0.29) is 37.1 Å². The first-order valence-electron chi connectivity index (χ1n) is 19.0. The molecule has 0 unspecified atom stereocenters. The van der Waals surface area contributed by atoms with Crippen LogP contribution < -0.4 is 24.8 Å². The van der Waals surface area contributed by atoms with E-state index in [0.717, 1.165) is 0 Å². The molecule has 2 saturated carbocycles. The van der Waals surface area contributed by atoms with Crippen LogP contribution in [0.1, 0.15) is 79.6 Å². The van der Waals surface area contributed by atoms with Gasteiger partial charge < -0.3 is 29.7 Å². The van der Waals surface area contributed by atoms with Crippen molar-refractivity contribution in [3.63, 3.8) is 0 Å². The Balaban J connectivity index is 1.36. The van der Waals surface area contributed by atoms with Crippen molar-refractivity contribution in [3.8, 4) is 11.8 Å². The SMILES string of the molecule is COc1nnc(O[C@@H]2C[C@H]3C(=O)N[C@]4(C(=O)NS(=O)(=O)C5(C)CC5)C[C@H]4/C=C\CC[C@H](C)C[C@@H](C)[C@H](NC(=O)OC(C)(C)C(F)(F)F)C(=O)N3C2)c2ccccc12. The van der Waals surface area contributed by atoms with Crippen molar-refractivity contribution >= 4 is 44.6 Å². The number of carbonyl (C=O) groups is 4. The quantitative estimate of drug-likeness (QED) is 0.321. The summed E-state index contributed by atoms with van der Waals surface area (Å²) in [6.07, 6.45) is -1.46. The van der Waals surface area contributed by atoms with Crippen molar-refractivity contribution in [2.45, 2.75) is 120 Å². The van der Waals surface area contributed by atoms with E-state index in [2.05, 4.69) is 25.6 Å². The molecule has 1 aromatic heterocycles. The molecular formula is C38H49F3N6O9S. The monoisotopic (exact) mass is 822 g/mol. The number of ether oxygens (including phenoxy) is 3. The van der Waals surface area contributed by atoms with Crippen molar-refractivity contribution in [2.24, 2.45) is 17.8 Å². The van der Waals surface area contributed by atoms with E-state index < -0.39 is 85.9 Å². The maximum atomic E-state index is 14.7. The minimum Gasteiger partial charge on any atom is -0.479 e. The van der Waals surface area contributed by atoms with E-state index in [9.17, 15) is 40.8 Å². The summed E-state index contributed by atoms with van der Waals surface area (Å²) in [7, 11) is -2.65. The zero-order valence-corrected chi connectivity index (χ0v) is 33.5. The zero-order chi connectivity index (χ0) is 41.7. The van der Waals surface area contributed by atoms with Crippen LogP contribution in [0.3, 0.4) is 0 Å². The number of rotatable bonds is 8. The molecule has 2 aliphatic carbocycles. The van der Waals surface area contributed by atoms with Gasteiger partial charge in [0.05, 0.1) is 29.2 Å². The first-order valence-corrected chi connectivity index (χ1v) is 20.5. The van der Waals surface area contributed by atoms with Gasteiger partial charge in [-0.25, -0.2) is 13.2 Å². The Morgan fingerprint density at radius 2 is 1.68 bits per heavy atom. The van der Waals surface area contributed by atoms with Crippen LogP contribution in [0.4, 0.5) is 18.0 Å². The molecule has 19 heteroatoms. The second-order valence-corrected chi connectivity index (χ2v) is 18.7. The van der Waals surface area contributed by atoms with Gasteiger partial charge in [0.1, 0.15) is 23.7 Å². The first kappa shape index (κ1) is 41.9. The topological polar surface area (TPSA) is 195 Å². The molecule has 3 N–H and O–H groups in total. The minimum absolute atomic E-state index is 0.0432. The van der Waals surface area contributed by atoms with Crippen LogP contribution in [0.25, 0.3) is 10.8 Å². The normalized spacial score (nSPS) is 29.7. The third kappa shape index (κ3) is 8.48. The van der Waals surface area contributed by atoms with E-state index in [4.69, 9.17) is 14.2 Å². The van der Waals surface area contributed by atoms with Gasteiger partial charge in [-0.05, 0) is 83.3 Å². The highest BCUT2D eigenvalue weighted by Gasteiger charge is 2.63. The molecule has 2 aromatic rings. The number of nitrogens with one attached hydrogen (secondary N) is 3. The van der Waals surface area contributed by atoms with E-state index >= 15 is 0 Å². The van der Waals surface area contributed by atoms with E-state index in [1.807, 2.05) is 13.0 Å². The van der Waals surface area contributed by atoms with Gasteiger partial charge in [0.15, 0.2) is 0 Å². The number of sulfonamides is 1. The summed E-state index contributed by atoms with van der Waals surface area (Å²) in [5, 5.41) is 14.5. The van der Waals surface area contributed by atoms with Crippen LogP contribution in [0.5, 0.6) is 11.8 Å². The van der Waals surface area contributed by atoms with Gasteiger partial charge in [-0.1, -0.05) is 38.1 Å². The molecule has 0 spiro atoms. The minimum atomic E-state index is -4.92. The molecule has 0 bridgehead atoms. The van der Waals surface area contributed by atoms with E-state index in [1.165, 1.54) is 18.9 Å². The molecule has 312 valence electrons. The molecular weight excluding hydrogens is 774 g/mol. The lowest BCUT2D eigenvalue weighted by Gasteiger charge is -2.34. The Hall–Kier alpha value is -4.68. The average Bonchev–Trinajstić information content (AvgIpc) is 4.01. The maximum absolute atomic E-state index is 14.7. The molecule has 15 nitrogen and oxygen atoms in total. The number of alkyl halides is 3. The fourth-order valence-electron chi connectivity index (χ4n) is 7.49. The van der Waals surface area contributed by atoms with Gasteiger partial charge in [0, 0.05) is 12.3 Å². The van der Waals surface area contributed by atoms with Gasteiger partial charge >= 0.3 is 12.3 Å². The summed E-state index contributed by atoms with van der Waals surface area (Å²) in [4.78, 5) is 57.3. The third-order valence-corrected chi connectivity index (χ3v) is 13.8. The lowest BCUT2D eigenvalue weighted by Crippen LogP contribution is -2.59. The highest BCUT2D eigenvalue weighted by Crippen LogP contribution is 2.48. The second-order valence-electron chi connectivity index (χ2n) is 16.5. The molecule has 4 aliphatic rings. The number of hydrogen-bond donors (Lipinski definition) is 3. The summed E-state index contributed by atoms with van der Waals surface area (Å²) < 4.78 is 85.0. The number of allylic oxidation sites excluding steroid dienone is 1. The van der Waals surface area contributed by atoms with Crippen molar-refractivity contribution in [1.82, 2.24) is 30.5 Å². The molecule has 1 saturated heterocycles. The van der Waals surface area contributed by atoms with Crippen molar-refractivity contribution < 1.29 is 55.0 Å². The molecule has 57 heavy (non-hydrogen) atoms. The van der Waals surface area contributed by atoms with E-state index in [1.54, 1.807) is 37.3 Å². The number of benzene rings is 1. The number of nitrogens with zero attached hydrogens (tertiary/aromatic N) is 3. The summed E-state index contributed by atoms with van der Waals surface area (Å²) in [5.41, 5.74) is -4.54. The average molecular weight is 823 g/mol. The molecule has 3 heterocycles. The zero-order valence-electron chi connectivity index (χ0n) is 32.6. The van der Waals surface area contributed by atoms with Crippen LogP contribution in [0, 0.1) is 17.8 Å². The maximum Gasteiger partial charge on any atom is 0.427 e. The highest BCUT2D eigenvalue weighted by atomic mass is 32.2. The molecule has 2 aliphatic heterocycles. The lowest BCUT2D eigenvalue weighted by molar-refractivity contribution is -0.244. The van der Waals surface area contributed by atoms with Crippen LogP contribution in [0.2, 0.25) is 0 Å². The number of carbonyl (C=O) groups excluding carboxylic acids is 4. The first-order chi connectivity index (χ1) is 26.6. The summed E-state index contributed by atoms with van der Waals surface area (Å²) in [5.74, 6) is -3.43. The second kappa shape index (κ2) is 15.2. The number of amides is 4. The van der Waals surface area contributed by atoms with Crippen LogP contribution >= 0.6 is 0 Å². The van der Waals surface area contributed by atoms with Gasteiger partial charge in [-0.3, -0.25) is 19.1 Å². The number of alkyl carbamates (subject to hydrolysis) is 1. The fraction of sp³-hybridized carbons (Fsp3) is 0.632. The molecule has 6 rings (SSSR count). The number of aromatic nitrogens is 2. The van der Waals surface area contributed by atoms with Gasteiger partial charge in [-0.15, -0.1) is 10.2 Å². The van der Waals surface area contributed by atoms with E-state index in [0.29, 0.717) is 56.7 Å². The smallest absolute Gasteiger partial charge is 0.427 e. The predicted molar refractivity (Wildman–Crippen MR) is 199 cm³/mol. The Labute approximate surface area is 328 Å². The molecule has 7 atom stereocenters. The van der Waals surface area contributed by atoms with Crippen LogP contribution in [-0.4, -0.2) is 101 Å². The number of halogens is 3. The van der Waals surface area contributed by atoms with Gasteiger partial charge in [-0.2, -0.15) is 13.2 Å².